The third kappa shape index (κ3) is 3.20. The van der Waals surface area contributed by atoms with Crippen LogP contribution in [0.3, 0.4) is 0 Å². The summed E-state index contributed by atoms with van der Waals surface area (Å²) in [5.41, 5.74) is 2.31. The number of carbonyl (C=O) groups excluding carboxylic acids is 1. The molecule has 0 saturated carbocycles. The Hall–Kier alpha value is -2.74. The number of carbonyl (C=O) groups is 1. The highest BCUT2D eigenvalue weighted by molar-refractivity contribution is 7.07. The van der Waals surface area contributed by atoms with Crippen LogP contribution < -0.4 is 15.1 Å². The molecule has 0 aliphatic carbocycles. The van der Waals surface area contributed by atoms with E-state index in [1.54, 1.807) is 5.38 Å². The van der Waals surface area contributed by atoms with Crippen LogP contribution in [0.4, 0.5) is 11.6 Å². The zero-order chi connectivity index (χ0) is 18.1. The molecule has 0 bridgehead atoms. The first-order valence-electron chi connectivity index (χ1n) is 8.58. The summed E-state index contributed by atoms with van der Waals surface area (Å²) < 4.78 is 1.46. The molecule has 1 aliphatic heterocycles. The maximum atomic E-state index is 12.5. The van der Waals surface area contributed by atoms with Crippen molar-refractivity contribution in [1.29, 1.82) is 0 Å². The lowest BCUT2D eigenvalue weighted by molar-refractivity contribution is -0.116. The number of nitrogens with one attached hydrogen (secondary N) is 1. The number of amides is 1. The first kappa shape index (κ1) is 16.7. The van der Waals surface area contributed by atoms with E-state index >= 15 is 0 Å². The van der Waals surface area contributed by atoms with Gasteiger partial charge in [0.1, 0.15) is 6.54 Å². The van der Waals surface area contributed by atoms with E-state index in [0.717, 1.165) is 54.0 Å². The molecule has 0 atom stereocenters. The molecule has 0 unspecified atom stereocenters. The molecule has 0 radical (unpaired) electrons. The molecular weight excluding hydrogens is 350 g/mol. The summed E-state index contributed by atoms with van der Waals surface area (Å²) in [6, 6.07) is 7.61. The number of benzene rings is 1. The van der Waals surface area contributed by atoms with Gasteiger partial charge in [0.15, 0.2) is 11.6 Å². The molecule has 4 rings (SSSR count). The van der Waals surface area contributed by atoms with Gasteiger partial charge in [-0.25, -0.2) is 9.97 Å². The minimum absolute atomic E-state index is 0.0257. The molecule has 1 fully saturated rings. The highest BCUT2D eigenvalue weighted by atomic mass is 32.1. The number of thiazole rings is 1. The predicted molar refractivity (Wildman–Crippen MR) is 103 cm³/mol. The Morgan fingerprint density at radius 3 is 2.54 bits per heavy atom. The van der Waals surface area contributed by atoms with E-state index < -0.39 is 0 Å². The molecule has 1 N–H and O–H groups in total. The molecule has 7 nitrogen and oxygen atoms in total. The number of rotatable bonds is 4. The average Bonchev–Trinajstić information content (AvgIpc) is 3.27. The van der Waals surface area contributed by atoms with Crippen molar-refractivity contribution in [3.8, 4) is 0 Å². The molecule has 3 aromatic rings. The van der Waals surface area contributed by atoms with Crippen molar-refractivity contribution in [3.05, 3.63) is 45.0 Å². The van der Waals surface area contributed by atoms with Crippen molar-refractivity contribution in [2.75, 3.05) is 23.3 Å². The van der Waals surface area contributed by atoms with E-state index in [2.05, 4.69) is 15.2 Å². The summed E-state index contributed by atoms with van der Waals surface area (Å²) in [7, 11) is 0. The zero-order valence-corrected chi connectivity index (χ0v) is 15.3. The molecule has 3 heterocycles. The Balaban J connectivity index is 1.66. The van der Waals surface area contributed by atoms with Crippen LogP contribution in [-0.4, -0.2) is 33.5 Å². The second-order valence-electron chi connectivity index (χ2n) is 6.36. The molecule has 0 spiro atoms. The van der Waals surface area contributed by atoms with Crippen molar-refractivity contribution >= 4 is 39.9 Å². The lowest BCUT2D eigenvalue weighted by Crippen LogP contribution is -2.27. The Morgan fingerprint density at radius 1 is 1.19 bits per heavy atom. The topological polar surface area (TPSA) is 80.1 Å². The van der Waals surface area contributed by atoms with Crippen molar-refractivity contribution in [2.24, 2.45) is 0 Å². The molecule has 134 valence electrons. The summed E-state index contributed by atoms with van der Waals surface area (Å²) in [6.07, 6.45) is 2.21. The van der Waals surface area contributed by atoms with E-state index in [9.17, 15) is 9.59 Å². The molecular formula is C18H19N5O2S. The molecule has 1 aromatic carbocycles. The molecule has 1 amide bonds. The summed E-state index contributed by atoms with van der Waals surface area (Å²) in [5.74, 6) is 0.874. The number of hydrogen-bond donors (Lipinski definition) is 1. The van der Waals surface area contributed by atoms with Crippen LogP contribution in [0.5, 0.6) is 0 Å². The van der Waals surface area contributed by atoms with Gasteiger partial charge in [-0.05, 0) is 31.9 Å². The van der Waals surface area contributed by atoms with E-state index in [1.165, 1.54) is 4.57 Å². The van der Waals surface area contributed by atoms with Crippen LogP contribution in [0, 0.1) is 6.92 Å². The fourth-order valence-corrected chi connectivity index (χ4v) is 3.87. The van der Waals surface area contributed by atoms with Crippen molar-refractivity contribution in [1.82, 2.24) is 14.5 Å². The number of para-hydroxylation sites is 2. The van der Waals surface area contributed by atoms with E-state index in [-0.39, 0.29) is 17.3 Å². The van der Waals surface area contributed by atoms with Gasteiger partial charge in [-0.3, -0.25) is 14.2 Å². The van der Waals surface area contributed by atoms with Gasteiger partial charge in [0, 0.05) is 24.2 Å². The van der Waals surface area contributed by atoms with E-state index in [4.69, 9.17) is 4.98 Å². The summed E-state index contributed by atoms with van der Waals surface area (Å²) >= 11 is 1.10. The fraction of sp³-hybridized carbons (Fsp3) is 0.333. The molecule has 1 saturated heterocycles. The maximum Gasteiger partial charge on any atom is 0.307 e. The van der Waals surface area contributed by atoms with Crippen molar-refractivity contribution in [2.45, 2.75) is 26.3 Å². The fourth-order valence-electron chi connectivity index (χ4n) is 3.14. The summed E-state index contributed by atoms with van der Waals surface area (Å²) in [4.78, 5) is 35.7. The van der Waals surface area contributed by atoms with Crippen LogP contribution in [-0.2, 0) is 11.3 Å². The normalized spacial score (nSPS) is 14.1. The molecule has 1 aliphatic rings. The summed E-state index contributed by atoms with van der Waals surface area (Å²) in [5, 5.41) is 4.61. The standard InChI is InChI=1S/C18H19N5O2S/c1-12-11-26-18(25)23(12)10-15(24)21-16-17(22-8-4-5-9-22)20-14-7-3-2-6-13(14)19-16/h2-3,6-7,11H,4-5,8-10H2,1H3,(H,19,21,24). The number of aryl methyl sites for hydroxylation is 1. The highest BCUT2D eigenvalue weighted by Crippen LogP contribution is 2.27. The summed E-state index contributed by atoms with van der Waals surface area (Å²) in [6.45, 7) is 3.59. The zero-order valence-electron chi connectivity index (χ0n) is 14.4. The van der Waals surface area contributed by atoms with Crippen molar-refractivity contribution in [3.63, 3.8) is 0 Å². The maximum absolute atomic E-state index is 12.5. The third-order valence-corrected chi connectivity index (χ3v) is 5.37. The Kier molecular flexibility index (Phi) is 4.42. The Bertz CT molecular complexity index is 1020. The minimum atomic E-state index is -0.279. The highest BCUT2D eigenvalue weighted by Gasteiger charge is 2.21. The lowest BCUT2D eigenvalue weighted by Gasteiger charge is -2.20. The van der Waals surface area contributed by atoms with Gasteiger partial charge in [-0.2, -0.15) is 0 Å². The third-order valence-electron chi connectivity index (χ3n) is 4.49. The SMILES string of the molecule is Cc1csc(=O)n1CC(=O)Nc1nc2ccccc2nc1N1CCCC1. The second kappa shape index (κ2) is 6.87. The molecule has 26 heavy (non-hydrogen) atoms. The van der Waals surface area contributed by atoms with Gasteiger partial charge in [-0.1, -0.05) is 23.5 Å². The Labute approximate surface area is 154 Å². The van der Waals surface area contributed by atoms with Gasteiger partial charge in [0.2, 0.25) is 5.91 Å². The van der Waals surface area contributed by atoms with Gasteiger partial charge < -0.3 is 10.2 Å². The predicted octanol–water partition coefficient (Wildman–Crippen LogP) is 2.40. The molecule has 8 heteroatoms. The van der Waals surface area contributed by atoms with Crippen LogP contribution in [0.2, 0.25) is 0 Å². The minimum Gasteiger partial charge on any atom is -0.354 e. The van der Waals surface area contributed by atoms with Crippen molar-refractivity contribution < 1.29 is 4.79 Å². The number of hydrogen-bond acceptors (Lipinski definition) is 6. The van der Waals surface area contributed by atoms with Crippen LogP contribution >= 0.6 is 11.3 Å². The first-order valence-corrected chi connectivity index (χ1v) is 9.46. The lowest BCUT2D eigenvalue weighted by atomic mass is 10.3. The second-order valence-corrected chi connectivity index (χ2v) is 7.18. The quantitative estimate of drug-likeness (QED) is 0.764. The number of anilines is 2. The number of nitrogens with zero attached hydrogens (tertiary/aromatic N) is 4. The van der Waals surface area contributed by atoms with Crippen LogP contribution in [0.15, 0.2) is 34.4 Å². The van der Waals surface area contributed by atoms with Gasteiger partial charge >= 0.3 is 4.87 Å². The van der Waals surface area contributed by atoms with Gasteiger partial charge in [0.25, 0.3) is 0 Å². The smallest absolute Gasteiger partial charge is 0.307 e. The first-order chi connectivity index (χ1) is 12.6. The average molecular weight is 369 g/mol. The largest absolute Gasteiger partial charge is 0.354 e. The van der Waals surface area contributed by atoms with Gasteiger partial charge in [0.05, 0.1) is 11.0 Å². The van der Waals surface area contributed by atoms with Gasteiger partial charge in [-0.15, -0.1) is 0 Å². The van der Waals surface area contributed by atoms with Crippen LogP contribution in [0.1, 0.15) is 18.5 Å². The molecule has 2 aromatic heterocycles. The van der Waals surface area contributed by atoms with E-state index in [1.807, 2.05) is 31.2 Å². The monoisotopic (exact) mass is 369 g/mol. The Morgan fingerprint density at radius 2 is 1.88 bits per heavy atom. The van der Waals surface area contributed by atoms with E-state index in [0.29, 0.717) is 11.6 Å². The van der Waals surface area contributed by atoms with Crippen LogP contribution in [0.25, 0.3) is 11.0 Å². The number of aromatic nitrogens is 3. The number of fused-ring (bicyclic) bond motifs is 1.